The zero-order valence-electron chi connectivity index (χ0n) is 9.78. The van der Waals surface area contributed by atoms with Crippen molar-refractivity contribution in [3.05, 3.63) is 28.5 Å². The van der Waals surface area contributed by atoms with Gasteiger partial charge in [-0.25, -0.2) is 4.98 Å². The number of rotatable bonds is 5. The smallest absolute Gasteiger partial charge is 0.269 e. The van der Waals surface area contributed by atoms with E-state index in [2.05, 4.69) is 31.5 Å². The molecule has 1 aromatic rings. The summed E-state index contributed by atoms with van der Waals surface area (Å²) in [7, 11) is 0. The van der Waals surface area contributed by atoms with Gasteiger partial charge < -0.3 is 10.6 Å². The quantitative estimate of drug-likeness (QED) is 0.859. The highest BCUT2D eigenvalue weighted by atomic mass is 79.9. The molecule has 0 bridgehead atoms. The maximum atomic E-state index is 11.7. The van der Waals surface area contributed by atoms with Crippen LogP contribution >= 0.6 is 15.9 Å². The molecule has 0 aromatic carbocycles. The molecule has 2 rings (SSSR count). The molecule has 1 saturated carbocycles. The SMILES string of the molecule is O=C(CCNC(=O)c1ccc(Br)cn1)NC1CC1. The van der Waals surface area contributed by atoms with Crippen LogP contribution in [-0.2, 0) is 4.79 Å². The van der Waals surface area contributed by atoms with E-state index in [-0.39, 0.29) is 11.8 Å². The first-order chi connectivity index (χ1) is 8.65. The molecule has 0 spiro atoms. The Hall–Kier alpha value is -1.43. The van der Waals surface area contributed by atoms with Gasteiger partial charge in [0.15, 0.2) is 0 Å². The molecule has 0 radical (unpaired) electrons. The van der Waals surface area contributed by atoms with E-state index in [1.54, 1.807) is 18.3 Å². The normalized spacial score (nSPS) is 14.1. The van der Waals surface area contributed by atoms with Crippen LogP contribution in [0.2, 0.25) is 0 Å². The molecule has 1 aliphatic rings. The lowest BCUT2D eigenvalue weighted by Crippen LogP contribution is -2.31. The van der Waals surface area contributed by atoms with E-state index in [4.69, 9.17) is 0 Å². The molecule has 2 amide bonds. The Kier molecular flexibility index (Phi) is 4.30. The van der Waals surface area contributed by atoms with Crippen LogP contribution in [0.1, 0.15) is 29.8 Å². The maximum Gasteiger partial charge on any atom is 0.269 e. The van der Waals surface area contributed by atoms with Gasteiger partial charge in [-0.1, -0.05) is 0 Å². The van der Waals surface area contributed by atoms with E-state index >= 15 is 0 Å². The van der Waals surface area contributed by atoms with Gasteiger partial charge in [0.1, 0.15) is 5.69 Å². The van der Waals surface area contributed by atoms with Gasteiger partial charge in [-0.3, -0.25) is 9.59 Å². The molecule has 0 saturated heterocycles. The third-order valence-electron chi connectivity index (χ3n) is 2.54. The number of halogens is 1. The first-order valence-corrected chi connectivity index (χ1v) is 6.63. The molecule has 96 valence electrons. The maximum absolute atomic E-state index is 11.7. The predicted octanol–water partition coefficient (Wildman–Crippen LogP) is 1.24. The van der Waals surface area contributed by atoms with Crippen molar-refractivity contribution >= 4 is 27.7 Å². The highest BCUT2D eigenvalue weighted by Gasteiger charge is 2.22. The van der Waals surface area contributed by atoms with Crippen LogP contribution < -0.4 is 10.6 Å². The summed E-state index contributed by atoms with van der Waals surface area (Å²) in [5.41, 5.74) is 0.348. The number of nitrogens with zero attached hydrogens (tertiary/aromatic N) is 1. The second-order valence-corrected chi connectivity index (χ2v) is 5.13. The fourth-order valence-corrected chi connectivity index (χ4v) is 1.65. The minimum absolute atomic E-state index is 0.0124. The molecule has 18 heavy (non-hydrogen) atoms. The second-order valence-electron chi connectivity index (χ2n) is 4.21. The zero-order valence-corrected chi connectivity index (χ0v) is 11.4. The Morgan fingerprint density at radius 2 is 2.17 bits per heavy atom. The molecular weight excluding hydrogens is 298 g/mol. The molecular formula is C12H14BrN3O2. The molecule has 1 aliphatic carbocycles. The molecule has 0 aliphatic heterocycles. The minimum Gasteiger partial charge on any atom is -0.353 e. The lowest BCUT2D eigenvalue weighted by molar-refractivity contribution is -0.121. The summed E-state index contributed by atoms with van der Waals surface area (Å²) < 4.78 is 0.822. The third-order valence-corrected chi connectivity index (χ3v) is 3.01. The van der Waals surface area contributed by atoms with Gasteiger partial charge in [-0.2, -0.15) is 0 Å². The van der Waals surface area contributed by atoms with Crippen molar-refractivity contribution < 1.29 is 9.59 Å². The first kappa shape index (κ1) is 13.0. The highest BCUT2D eigenvalue weighted by molar-refractivity contribution is 9.10. The summed E-state index contributed by atoms with van der Waals surface area (Å²) in [6.07, 6.45) is 4.01. The van der Waals surface area contributed by atoms with Crippen LogP contribution in [0.4, 0.5) is 0 Å². The highest BCUT2D eigenvalue weighted by Crippen LogP contribution is 2.18. The van der Waals surface area contributed by atoms with E-state index in [9.17, 15) is 9.59 Å². The Labute approximate surface area is 113 Å². The summed E-state index contributed by atoms with van der Waals surface area (Å²) in [6, 6.07) is 3.74. The molecule has 1 fully saturated rings. The Morgan fingerprint density at radius 3 is 2.78 bits per heavy atom. The van der Waals surface area contributed by atoms with Gasteiger partial charge in [-0.15, -0.1) is 0 Å². The van der Waals surface area contributed by atoms with E-state index in [1.807, 2.05) is 0 Å². The van der Waals surface area contributed by atoms with E-state index in [0.29, 0.717) is 24.7 Å². The lowest BCUT2D eigenvalue weighted by atomic mass is 10.3. The van der Waals surface area contributed by atoms with Crippen LogP contribution in [0, 0.1) is 0 Å². The average molecular weight is 312 g/mol. The summed E-state index contributed by atoms with van der Waals surface area (Å²) in [5.74, 6) is -0.275. The monoisotopic (exact) mass is 311 g/mol. The summed E-state index contributed by atoms with van der Waals surface area (Å²) in [4.78, 5) is 27.0. The molecule has 0 atom stereocenters. The Morgan fingerprint density at radius 1 is 1.39 bits per heavy atom. The largest absolute Gasteiger partial charge is 0.353 e. The average Bonchev–Trinajstić information content (AvgIpc) is 3.13. The van der Waals surface area contributed by atoms with Crippen molar-refractivity contribution in [3.63, 3.8) is 0 Å². The fraction of sp³-hybridized carbons (Fsp3) is 0.417. The van der Waals surface area contributed by atoms with Gasteiger partial charge in [0.2, 0.25) is 5.91 Å². The van der Waals surface area contributed by atoms with Crippen LogP contribution in [-0.4, -0.2) is 29.4 Å². The molecule has 1 heterocycles. The van der Waals surface area contributed by atoms with Crippen molar-refractivity contribution in [2.45, 2.75) is 25.3 Å². The Balaban J connectivity index is 1.70. The van der Waals surface area contributed by atoms with Crippen LogP contribution in [0.25, 0.3) is 0 Å². The van der Waals surface area contributed by atoms with E-state index < -0.39 is 0 Å². The molecule has 1 aromatic heterocycles. The number of pyridine rings is 1. The van der Waals surface area contributed by atoms with Gasteiger partial charge in [0.25, 0.3) is 5.91 Å². The van der Waals surface area contributed by atoms with E-state index in [1.165, 1.54) is 0 Å². The molecule has 0 unspecified atom stereocenters. The standard InChI is InChI=1S/C12H14BrN3O2/c13-8-1-4-10(15-7-8)12(18)14-6-5-11(17)16-9-2-3-9/h1,4,7,9H,2-3,5-6H2,(H,14,18)(H,16,17). The summed E-state index contributed by atoms with van der Waals surface area (Å²) >= 11 is 3.25. The van der Waals surface area contributed by atoms with Crippen LogP contribution in [0.15, 0.2) is 22.8 Å². The second kappa shape index (κ2) is 5.95. The van der Waals surface area contributed by atoms with Crippen LogP contribution in [0.5, 0.6) is 0 Å². The van der Waals surface area contributed by atoms with Gasteiger partial charge in [0, 0.05) is 29.7 Å². The minimum atomic E-state index is -0.262. The van der Waals surface area contributed by atoms with E-state index in [0.717, 1.165) is 17.3 Å². The van der Waals surface area contributed by atoms with Gasteiger partial charge in [0.05, 0.1) is 0 Å². The number of hydrogen-bond acceptors (Lipinski definition) is 3. The first-order valence-electron chi connectivity index (χ1n) is 5.84. The van der Waals surface area contributed by atoms with Gasteiger partial charge in [-0.05, 0) is 40.9 Å². The van der Waals surface area contributed by atoms with Crippen molar-refractivity contribution in [2.75, 3.05) is 6.54 Å². The number of nitrogens with one attached hydrogen (secondary N) is 2. The van der Waals surface area contributed by atoms with Crippen molar-refractivity contribution in [1.82, 2.24) is 15.6 Å². The lowest BCUT2D eigenvalue weighted by Gasteiger charge is -2.05. The predicted molar refractivity (Wildman–Crippen MR) is 70.1 cm³/mol. The topological polar surface area (TPSA) is 71.1 Å². The number of amides is 2. The Bertz CT molecular complexity index is 443. The molecule has 6 heteroatoms. The number of carbonyl (C=O) groups excluding carboxylic acids is 2. The number of hydrogen-bond donors (Lipinski definition) is 2. The summed E-state index contributed by atoms with van der Waals surface area (Å²) in [6.45, 7) is 0.329. The summed E-state index contributed by atoms with van der Waals surface area (Å²) in [5, 5.41) is 5.53. The fourth-order valence-electron chi connectivity index (χ4n) is 1.42. The third kappa shape index (κ3) is 4.10. The zero-order chi connectivity index (χ0) is 13.0. The molecule has 2 N–H and O–H groups in total. The van der Waals surface area contributed by atoms with Crippen molar-refractivity contribution in [2.24, 2.45) is 0 Å². The van der Waals surface area contributed by atoms with Gasteiger partial charge >= 0.3 is 0 Å². The van der Waals surface area contributed by atoms with Crippen molar-refractivity contribution in [3.8, 4) is 0 Å². The number of aromatic nitrogens is 1. The number of carbonyl (C=O) groups is 2. The molecule has 5 nitrogen and oxygen atoms in total. The van der Waals surface area contributed by atoms with Crippen molar-refractivity contribution in [1.29, 1.82) is 0 Å². The van der Waals surface area contributed by atoms with Crippen LogP contribution in [0.3, 0.4) is 0 Å².